The van der Waals surface area contributed by atoms with Crippen LogP contribution in [0.25, 0.3) is 0 Å². The van der Waals surface area contributed by atoms with E-state index in [-0.39, 0.29) is 34.4 Å². The first-order valence-electron chi connectivity index (χ1n) is 4.40. The third-order valence-electron chi connectivity index (χ3n) is 2.15. The molecule has 1 aromatic carbocycles. The summed E-state index contributed by atoms with van der Waals surface area (Å²) in [6, 6.07) is 1.93. The number of nitro groups is 1. The molecular formula is C9H12Cl2N2O3. The third-order valence-corrected chi connectivity index (χ3v) is 2.46. The lowest BCUT2D eigenvalue weighted by molar-refractivity contribution is -0.385. The fraction of sp³-hybridized carbons (Fsp3) is 0.333. The van der Waals surface area contributed by atoms with Crippen LogP contribution in [-0.2, 0) is 0 Å². The van der Waals surface area contributed by atoms with Crippen LogP contribution in [0.2, 0.25) is 5.02 Å². The zero-order valence-corrected chi connectivity index (χ0v) is 10.1. The summed E-state index contributed by atoms with van der Waals surface area (Å²) in [7, 11) is 0. The minimum atomic E-state index is -0.593. The maximum absolute atomic E-state index is 10.7. The Morgan fingerprint density at radius 1 is 1.62 bits per heavy atom. The Hall–Kier alpha value is -1.04. The summed E-state index contributed by atoms with van der Waals surface area (Å²) in [6.07, 6.45) is 0.481. The van der Waals surface area contributed by atoms with Gasteiger partial charge in [-0.05, 0) is 12.5 Å². The van der Waals surface area contributed by atoms with Gasteiger partial charge < -0.3 is 10.8 Å². The number of benzene rings is 1. The van der Waals surface area contributed by atoms with Gasteiger partial charge >= 0.3 is 0 Å². The molecule has 7 heteroatoms. The highest BCUT2D eigenvalue weighted by Gasteiger charge is 2.24. The molecule has 16 heavy (non-hydrogen) atoms. The summed E-state index contributed by atoms with van der Waals surface area (Å²) in [4.78, 5) is 10.1. The van der Waals surface area contributed by atoms with Crippen molar-refractivity contribution in [2.45, 2.75) is 19.4 Å². The Bertz CT molecular complexity index is 399. The normalized spacial score (nSPS) is 11.7. The number of nitrogens with zero attached hydrogens (tertiary/aromatic N) is 1. The molecule has 1 aromatic rings. The summed E-state index contributed by atoms with van der Waals surface area (Å²) in [5, 5.41) is 20.4. The van der Waals surface area contributed by atoms with Gasteiger partial charge in [-0.1, -0.05) is 18.5 Å². The minimum Gasteiger partial charge on any atom is -0.506 e. The number of nitrogens with two attached hydrogens (primary N) is 1. The van der Waals surface area contributed by atoms with Crippen LogP contribution < -0.4 is 5.73 Å². The SMILES string of the molecule is CC[C@@H](N)c1c([N+](=O)[O-])ccc(Cl)c1O.Cl. The lowest BCUT2D eigenvalue weighted by atomic mass is 10.0. The molecule has 0 saturated heterocycles. The molecule has 0 heterocycles. The van der Waals surface area contributed by atoms with E-state index in [0.717, 1.165) is 0 Å². The second kappa shape index (κ2) is 5.89. The van der Waals surface area contributed by atoms with Gasteiger partial charge in [0.15, 0.2) is 0 Å². The van der Waals surface area contributed by atoms with Gasteiger partial charge in [0.25, 0.3) is 5.69 Å². The Morgan fingerprint density at radius 2 is 2.19 bits per heavy atom. The van der Waals surface area contributed by atoms with E-state index < -0.39 is 11.0 Å². The molecule has 0 aliphatic rings. The van der Waals surface area contributed by atoms with Crippen LogP contribution in [-0.4, -0.2) is 10.0 Å². The molecule has 0 bridgehead atoms. The van der Waals surface area contributed by atoms with Crippen molar-refractivity contribution < 1.29 is 10.0 Å². The molecule has 0 fully saturated rings. The van der Waals surface area contributed by atoms with Crippen molar-refractivity contribution in [1.29, 1.82) is 0 Å². The second-order valence-corrected chi connectivity index (χ2v) is 3.51. The van der Waals surface area contributed by atoms with E-state index in [4.69, 9.17) is 17.3 Å². The van der Waals surface area contributed by atoms with Gasteiger partial charge in [-0.15, -0.1) is 12.4 Å². The Balaban J connectivity index is 0.00000225. The first kappa shape index (κ1) is 15.0. The fourth-order valence-corrected chi connectivity index (χ4v) is 1.46. The van der Waals surface area contributed by atoms with Crippen LogP contribution >= 0.6 is 24.0 Å². The number of phenols is 1. The van der Waals surface area contributed by atoms with Crippen LogP contribution in [0.15, 0.2) is 12.1 Å². The van der Waals surface area contributed by atoms with E-state index in [1.165, 1.54) is 12.1 Å². The second-order valence-electron chi connectivity index (χ2n) is 3.10. The maximum atomic E-state index is 10.7. The van der Waals surface area contributed by atoms with Crippen molar-refractivity contribution >= 4 is 29.7 Å². The molecule has 5 nitrogen and oxygen atoms in total. The number of hydrogen-bond donors (Lipinski definition) is 2. The quantitative estimate of drug-likeness (QED) is 0.650. The van der Waals surface area contributed by atoms with Gasteiger partial charge in [0.2, 0.25) is 0 Å². The van der Waals surface area contributed by atoms with Crippen molar-refractivity contribution in [2.75, 3.05) is 0 Å². The van der Waals surface area contributed by atoms with Crippen LogP contribution in [0.1, 0.15) is 24.9 Å². The lowest BCUT2D eigenvalue weighted by Crippen LogP contribution is -2.11. The van der Waals surface area contributed by atoms with Crippen LogP contribution in [0.4, 0.5) is 5.69 Å². The smallest absolute Gasteiger partial charge is 0.277 e. The highest BCUT2D eigenvalue weighted by atomic mass is 35.5. The molecule has 0 aliphatic carbocycles. The fourth-order valence-electron chi connectivity index (χ4n) is 1.30. The maximum Gasteiger partial charge on any atom is 0.277 e. The summed E-state index contributed by atoms with van der Waals surface area (Å²) in [5.41, 5.74) is 5.57. The molecule has 0 saturated carbocycles. The van der Waals surface area contributed by atoms with Crippen molar-refractivity contribution in [3.8, 4) is 5.75 Å². The molecule has 1 rings (SSSR count). The molecule has 1 atom stereocenters. The number of rotatable bonds is 3. The topological polar surface area (TPSA) is 89.4 Å². The van der Waals surface area contributed by atoms with Crippen LogP contribution in [0, 0.1) is 10.1 Å². The van der Waals surface area contributed by atoms with Crippen LogP contribution in [0.5, 0.6) is 5.75 Å². The largest absolute Gasteiger partial charge is 0.506 e. The van der Waals surface area contributed by atoms with Gasteiger partial charge in [-0.25, -0.2) is 0 Å². The first-order valence-corrected chi connectivity index (χ1v) is 4.78. The molecule has 0 aliphatic heterocycles. The highest BCUT2D eigenvalue weighted by Crippen LogP contribution is 2.38. The van der Waals surface area contributed by atoms with E-state index in [0.29, 0.717) is 6.42 Å². The van der Waals surface area contributed by atoms with Crippen molar-refractivity contribution in [3.63, 3.8) is 0 Å². The molecular weight excluding hydrogens is 255 g/mol. The van der Waals surface area contributed by atoms with Gasteiger partial charge in [0, 0.05) is 12.1 Å². The zero-order chi connectivity index (χ0) is 11.6. The predicted molar refractivity (Wildman–Crippen MR) is 64.2 cm³/mol. The monoisotopic (exact) mass is 266 g/mol. The van der Waals surface area contributed by atoms with Crippen molar-refractivity contribution in [3.05, 3.63) is 32.8 Å². The van der Waals surface area contributed by atoms with E-state index in [9.17, 15) is 15.2 Å². The van der Waals surface area contributed by atoms with E-state index >= 15 is 0 Å². The van der Waals surface area contributed by atoms with Gasteiger partial charge in [-0.3, -0.25) is 10.1 Å². The molecule has 0 spiro atoms. The average Bonchev–Trinajstić information content (AvgIpc) is 2.20. The Kier molecular flexibility index (Phi) is 5.50. The standard InChI is InChI=1S/C9H11ClN2O3.ClH/c1-2-6(11)8-7(12(14)15)4-3-5(10)9(8)13;/h3-4,6,13H,2,11H2,1H3;1H/t6-;/m1./s1. The molecule has 0 amide bonds. The number of aromatic hydroxyl groups is 1. The van der Waals surface area contributed by atoms with Crippen molar-refractivity contribution in [1.82, 2.24) is 0 Å². The summed E-state index contributed by atoms with van der Waals surface area (Å²) >= 11 is 5.66. The summed E-state index contributed by atoms with van der Waals surface area (Å²) in [5.74, 6) is -0.305. The third kappa shape index (κ3) is 2.75. The molecule has 3 N–H and O–H groups in total. The van der Waals surface area contributed by atoms with E-state index in [1.54, 1.807) is 6.92 Å². The minimum absolute atomic E-state index is 0. The Labute approximate surface area is 104 Å². The molecule has 0 unspecified atom stereocenters. The number of hydrogen-bond acceptors (Lipinski definition) is 4. The predicted octanol–water partition coefficient (Wildman–Crippen LogP) is 2.79. The lowest BCUT2D eigenvalue weighted by Gasteiger charge is -2.12. The van der Waals surface area contributed by atoms with Gasteiger partial charge in [-0.2, -0.15) is 0 Å². The highest BCUT2D eigenvalue weighted by molar-refractivity contribution is 6.32. The zero-order valence-electron chi connectivity index (χ0n) is 8.51. The Morgan fingerprint density at radius 3 is 2.62 bits per heavy atom. The molecule has 0 radical (unpaired) electrons. The first-order chi connectivity index (χ1) is 6.99. The summed E-state index contributed by atoms with van der Waals surface area (Å²) < 4.78 is 0. The van der Waals surface area contributed by atoms with E-state index in [2.05, 4.69) is 0 Å². The molecule has 90 valence electrons. The summed E-state index contributed by atoms with van der Waals surface area (Å²) in [6.45, 7) is 1.77. The van der Waals surface area contributed by atoms with Crippen molar-refractivity contribution in [2.24, 2.45) is 5.73 Å². The molecule has 0 aromatic heterocycles. The van der Waals surface area contributed by atoms with Crippen LogP contribution in [0.3, 0.4) is 0 Å². The average molecular weight is 267 g/mol. The van der Waals surface area contributed by atoms with Gasteiger partial charge in [0.05, 0.1) is 15.5 Å². The number of halogens is 2. The van der Waals surface area contributed by atoms with Gasteiger partial charge in [0.1, 0.15) is 5.75 Å². The number of phenolic OH excluding ortho intramolecular Hbond substituents is 1. The number of nitro benzene ring substituents is 1. The van der Waals surface area contributed by atoms with E-state index in [1.807, 2.05) is 0 Å².